The Hall–Kier alpha value is -0.410. The molecule has 0 aliphatic carbocycles. The lowest BCUT2D eigenvalue weighted by Crippen LogP contribution is -2.43. The number of hydrogen-bond acceptors (Lipinski definition) is 3. The number of likely N-dealkylation sites (N-methyl/N-ethyl adjacent to an activating group) is 1. The van der Waals surface area contributed by atoms with Gasteiger partial charge >= 0.3 is 0 Å². The predicted molar refractivity (Wildman–Crippen MR) is 53.8 cm³/mol. The van der Waals surface area contributed by atoms with Crippen molar-refractivity contribution in [3.63, 3.8) is 0 Å². The zero-order chi connectivity index (χ0) is 9.68. The molecule has 0 radical (unpaired) electrons. The molecule has 1 aliphatic heterocycles. The van der Waals surface area contributed by atoms with E-state index in [1.54, 1.807) is 0 Å². The van der Waals surface area contributed by atoms with Crippen molar-refractivity contribution in [2.24, 2.45) is 0 Å². The lowest BCUT2D eigenvalue weighted by molar-refractivity contribution is -0.120. The average Bonchev–Trinajstić information content (AvgIpc) is 2.19. The monoisotopic (exact) mass is 184 g/mol. The fraction of sp³-hybridized carbons (Fsp3) is 0.900. The van der Waals surface area contributed by atoms with Crippen molar-refractivity contribution in [1.82, 2.24) is 10.2 Å². The number of Topliss-reactive ketones (excluding diaryl/α,β-unsaturated/α-hetero) is 1. The molecule has 1 fully saturated rings. The van der Waals surface area contributed by atoms with E-state index in [4.69, 9.17) is 0 Å². The quantitative estimate of drug-likeness (QED) is 0.696. The molecule has 13 heavy (non-hydrogen) atoms. The van der Waals surface area contributed by atoms with E-state index < -0.39 is 0 Å². The third kappa shape index (κ3) is 3.44. The lowest BCUT2D eigenvalue weighted by atomic mass is 10.1. The molecular weight excluding hydrogens is 164 g/mol. The number of hydrogen-bond donors (Lipinski definition) is 1. The molecule has 0 spiro atoms. The SMILES string of the molecule is CCC(=O)CN(C)C1CCNCC1. The normalized spacial score (nSPS) is 19.3. The Labute approximate surface area is 80.5 Å². The van der Waals surface area contributed by atoms with E-state index in [0.717, 1.165) is 13.1 Å². The largest absolute Gasteiger partial charge is 0.317 e. The summed E-state index contributed by atoms with van der Waals surface area (Å²) in [6, 6.07) is 0.608. The summed E-state index contributed by atoms with van der Waals surface area (Å²) < 4.78 is 0. The first kappa shape index (κ1) is 10.7. The van der Waals surface area contributed by atoms with E-state index in [1.807, 2.05) is 6.92 Å². The van der Waals surface area contributed by atoms with Crippen molar-refractivity contribution < 1.29 is 4.79 Å². The van der Waals surface area contributed by atoms with E-state index in [2.05, 4.69) is 17.3 Å². The van der Waals surface area contributed by atoms with Crippen molar-refractivity contribution in [3.05, 3.63) is 0 Å². The standard InChI is InChI=1S/C10H20N2O/c1-3-10(13)8-12(2)9-4-6-11-7-5-9/h9,11H,3-8H2,1-2H3. The van der Waals surface area contributed by atoms with Crippen LogP contribution in [-0.4, -0.2) is 43.4 Å². The van der Waals surface area contributed by atoms with Crippen LogP contribution < -0.4 is 5.32 Å². The first-order valence-electron chi connectivity index (χ1n) is 5.16. The maximum atomic E-state index is 11.2. The highest BCUT2D eigenvalue weighted by molar-refractivity contribution is 5.80. The van der Waals surface area contributed by atoms with Gasteiger partial charge in [-0.05, 0) is 33.0 Å². The summed E-state index contributed by atoms with van der Waals surface area (Å²) in [6.07, 6.45) is 3.01. The van der Waals surface area contributed by atoms with Gasteiger partial charge in [0.15, 0.2) is 0 Å². The first-order chi connectivity index (χ1) is 6.24. The minimum atomic E-state index is 0.348. The second-order valence-electron chi connectivity index (χ2n) is 3.79. The number of nitrogens with one attached hydrogen (secondary N) is 1. The van der Waals surface area contributed by atoms with Gasteiger partial charge in [-0.15, -0.1) is 0 Å². The molecule has 0 atom stereocenters. The van der Waals surface area contributed by atoms with E-state index in [1.165, 1.54) is 12.8 Å². The summed E-state index contributed by atoms with van der Waals surface area (Å²) in [5.41, 5.74) is 0. The molecule has 0 saturated carbocycles. The molecule has 0 aromatic heterocycles. The number of ketones is 1. The van der Waals surface area contributed by atoms with E-state index in [-0.39, 0.29) is 0 Å². The van der Waals surface area contributed by atoms with Crippen LogP contribution in [0.15, 0.2) is 0 Å². The van der Waals surface area contributed by atoms with Gasteiger partial charge in [0.05, 0.1) is 6.54 Å². The molecule has 1 saturated heterocycles. The zero-order valence-electron chi connectivity index (χ0n) is 8.68. The van der Waals surface area contributed by atoms with E-state index in [9.17, 15) is 4.79 Å². The molecule has 0 unspecified atom stereocenters. The van der Waals surface area contributed by atoms with Crippen molar-refractivity contribution in [2.45, 2.75) is 32.2 Å². The highest BCUT2D eigenvalue weighted by Crippen LogP contribution is 2.09. The van der Waals surface area contributed by atoms with Gasteiger partial charge in [0.25, 0.3) is 0 Å². The van der Waals surface area contributed by atoms with E-state index in [0.29, 0.717) is 24.8 Å². The Morgan fingerprint density at radius 3 is 2.62 bits per heavy atom. The Kier molecular flexibility index (Phi) is 4.39. The number of piperidine rings is 1. The second kappa shape index (κ2) is 5.35. The highest BCUT2D eigenvalue weighted by Gasteiger charge is 2.18. The van der Waals surface area contributed by atoms with Crippen LogP contribution in [0.2, 0.25) is 0 Å². The Morgan fingerprint density at radius 1 is 1.46 bits per heavy atom. The molecule has 1 rings (SSSR count). The number of nitrogens with zero attached hydrogens (tertiary/aromatic N) is 1. The summed E-state index contributed by atoms with van der Waals surface area (Å²) in [5, 5.41) is 3.33. The molecule has 1 aliphatic rings. The second-order valence-corrected chi connectivity index (χ2v) is 3.79. The Morgan fingerprint density at radius 2 is 2.08 bits per heavy atom. The molecule has 76 valence electrons. The summed E-state index contributed by atoms with van der Waals surface area (Å²) >= 11 is 0. The van der Waals surface area contributed by atoms with Crippen molar-refractivity contribution >= 4 is 5.78 Å². The number of carbonyl (C=O) groups excluding carboxylic acids is 1. The smallest absolute Gasteiger partial charge is 0.146 e. The van der Waals surface area contributed by atoms with Gasteiger partial charge in [0.1, 0.15) is 5.78 Å². The van der Waals surface area contributed by atoms with Crippen molar-refractivity contribution in [1.29, 1.82) is 0 Å². The summed E-state index contributed by atoms with van der Waals surface area (Å²) in [4.78, 5) is 13.4. The predicted octanol–water partition coefficient (Wildman–Crippen LogP) is 0.649. The topological polar surface area (TPSA) is 32.3 Å². The molecule has 1 heterocycles. The number of carbonyl (C=O) groups is 1. The first-order valence-corrected chi connectivity index (χ1v) is 5.16. The van der Waals surface area contributed by atoms with Crippen molar-refractivity contribution in [2.75, 3.05) is 26.7 Å². The van der Waals surface area contributed by atoms with Crippen molar-refractivity contribution in [3.8, 4) is 0 Å². The molecular formula is C10H20N2O. The third-order valence-electron chi connectivity index (χ3n) is 2.75. The van der Waals surface area contributed by atoms with E-state index >= 15 is 0 Å². The van der Waals surface area contributed by atoms with Crippen LogP contribution in [0.5, 0.6) is 0 Å². The van der Waals surface area contributed by atoms with Crippen LogP contribution in [0.25, 0.3) is 0 Å². The maximum absolute atomic E-state index is 11.2. The number of rotatable bonds is 4. The molecule has 0 bridgehead atoms. The molecule has 1 N–H and O–H groups in total. The van der Waals surface area contributed by atoms with Crippen LogP contribution in [0.3, 0.4) is 0 Å². The highest BCUT2D eigenvalue weighted by atomic mass is 16.1. The Bertz CT molecular complexity index is 164. The lowest BCUT2D eigenvalue weighted by Gasteiger charge is -2.30. The minimum absolute atomic E-state index is 0.348. The van der Waals surface area contributed by atoms with Gasteiger partial charge in [-0.25, -0.2) is 0 Å². The fourth-order valence-corrected chi connectivity index (χ4v) is 1.77. The van der Waals surface area contributed by atoms with Gasteiger partial charge in [0, 0.05) is 12.5 Å². The maximum Gasteiger partial charge on any atom is 0.146 e. The molecule has 0 amide bonds. The van der Waals surface area contributed by atoms with Gasteiger partial charge in [0.2, 0.25) is 0 Å². The van der Waals surface area contributed by atoms with Gasteiger partial charge in [-0.3, -0.25) is 9.69 Å². The molecule has 0 aromatic carbocycles. The fourth-order valence-electron chi connectivity index (χ4n) is 1.77. The summed E-state index contributed by atoms with van der Waals surface area (Å²) in [7, 11) is 2.06. The minimum Gasteiger partial charge on any atom is -0.317 e. The summed E-state index contributed by atoms with van der Waals surface area (Å²) in [6.45, 7) is 4.74. The average molecular weight is 184 g/mol. The Balaban J connectivity index is 2.28. The van der Waals surface area contributed by atoms with Gasteiger partial charge in [-0.1, -0.05) is 6.92 Å². The van der Waals surface area contributed by atoms with Crippen LogP contribution in [0.1, 0.15) is 26.2 Å². The van der Waals surface area contributed by atoms with Gasteiger partial charge in [-0.2, -0.15) is 0 Å². The third-order valence-corrected chi connectivity index (χ3v) is 2.75. The molecule has 0 aromatic rings. The van der Waals surface area contributed by atoms with Crippen LogP contribution in [0, 0.1) is 0 Å². The van der Waals surface area contributed by atoms with Crippen LogP contribution >= 0.6 is 0 Å². The molecule has 3 heteroatoms. The zero-order valence-corrected chi connectivity index (χ0v) is 8.68. The van der Waals surface area contributed by atoms with Crippen LogP contribution in [-0.2, 0) is 4.79 Å². The van der Waals surface area contributed by atoms with Crippen LogP contribution in [0.4, 0.5) is 0 Å². The van der Waals surface area contributed by atoms with Gasteiger partial charge < -0.3 is 5.32 Å². The molecule has 3 nitrogen and oxygen atoms in total. The summed E-state index contributed by atoms with van der Waals surface area (Å²) in [5.74, 6) is 0.348.